The van der Waals surface area contributed by atoms with E-state index in [1.165, 1.54) is 18.2 Å². The minimum atomic E-state index is -3.90. The number of nitrogens with one attached hydrogen (secondary N) is 1. The minimum absolute atomic E-state index is 0.105. The van der Waals surface area contributed by atoms with Gasteiger partial charge in [0.1, 0.15) is 11.4 Å². The predicted octanol–water partition coefficient (Wildman–Crippen LogP) is 1.79. The molecule has 20 heavy (non-hydrogen) atoms. The van der Waals surface area contributed by atoms with Gasteiger partial charge in [0, 0.05) is 0 Å². The molecule has 0 fully saturated rings. The van der Waals surface area contributed by atoms with Crippen LogP contribution in [0.3, 0.4) is 0 Å². The standard InChI is InChI=1S/C12H12N2O5S/c1-7-11(8(2)19-13-7)14-20(17,18)10-5-3-4-9(6-10)12(15)16/h3-6,14H,1-2H3,(H,15,16). The van der Waals surface area contributed by atoms with Crippen molar-refractivity contribution in [3.05, 3.63) is 41.3 Å². The summed E-state index contributed by atoms with van der Waals surface area (Å²) in [7, 11) is -3.90. The summed E-state index contributed by atoms with van der Waals surface area (Å²) in [5, 5.41) is 12.5. The number of carbonyl (C=O) groups is 1. The Labute approximate surface area is 115 Å². The van der Waals surface area contributed by atoms with Crippen LogP contribution in [0, 0.1) is 13.8 Å². The lowest BCUT2D eigenvalue weighted by Crippen LogP contribution is -2.14. The van der Waals surface area contributed by atoms with Crippen molar-refractivity contribution in [2.24, 2.45) is 0 Å². The smallest absolute Gasteiger partial charge is 0.335 e. The molecule has 0 saturated carbocycles. The molecule has 0 aliphatic heterocycles. The molecule has 1 aromatic carbocycles. The average molecular weight is 296 g/mol. The highest BCUT2D eigenvalue weighted by atomic mass is 32.2. The Morgan fingerprint density at radius 1 is 1.35 bits per heavy atom. The van der Waals surface area contributed by atoms with Crippen LogP contribution in [0.1, 0.15) is 21.8 Å². The van der Waals surface area contributed by atoms with E-state index in [1.54, 1.807) is 13.8 Å². The highest BCUT2D eigenvalue weighted by Crippen LogP contribution is 2.23. The van der Waals surface area contributed by atoms with E-state index < -0.39 is 16.0 Å². The van der Waals surface area contributed by atoms with Crippen LogP contribution in [0.2, 0.25) is 0 Å². The first-order valence-electron chi connectivity index (χ1n) is 5.60. The van der Waals surface area contributed by atoms with Gasteiger partial charge in [-0.25, -0.2) is 13.2 Å². The molecule has 106 valence electrons. The van der Waals surface area contributed by atoms with Crippen LogP contribution in [-0.2, 0) is 10.0 Å². The fourth-order valence-electron chi connectivity index (χ4n) is 1.62. The van der Waals surface area contributed by atoms with Gasteiger partial charge in [0.15, 0.2) is 5.76 Å². The summed E-state index contributed by atoms with van der Waals surface area (Å²) in [6.45, 7) is 3.17. The number of benzene rings is 1. The van der Waals surface area contributed by atoms with E-state index in [9.17, 15) is 13.2 Å². The molecule has 2 N–H and O–H groups in total. The van der Waals surface area contributed by atoms with Gasteiger partial charge in [-0.05, 0) is 32.0 Å². The molecular weight excluding hydrogens is 284 g/mol. The third-order valence-electron chi connectivity index (χ3n) is 2.66. The monoisotopic (exact) mass is 296 g/mol. The van der Waals surface area contributed by atoms with Crippen LogP contribution in [0.25, 0.3) is 0 Å². The van der Waals surface area contributed by atoms with Gasteiger partial charge in [-0.15, -0.1) is 0 Å². The van der Waals surface area contributed by atoms with Crippen molar-refractivity contribution in [1.82, 2.24) is 5.16 Å². The first-order chi connectivity index (χ1) is 9.31. The number of sulfonamides is 1. The highest BCUT2D eigenvalue weighted by molar-refractivity contribution is 7.92. The van der Waals surface area contributed by atoms with Gasteiger partial charge in [-0.3, -0.25) is 4.72 Å². The van der Waals surface area contributed by atoms with E-state index in [-0.39, 0.29) is 16.1 Å². The summed E-state index contributed by atoms with van der Waals surface area (Å²) in [6.07, 6.45) is 0. The average Bonchev–Trinajstić information content (AvgIpc) is 2.70. The maximum Gasteiger partial charge on any atom is 0.335 e. The Hall–Kier alpha value is -2.35. The zero-order chi connectivity index (χ0) is 14.9. The van der Waals surface area contributed by atoms with Gasteiger partial charge >= 0.3 is 5.97 Å². The molecule has 0 amide bonds. The molecule has 1 aromatic heterocycles. The van der Waals surface area contributed by atoms with Gasteiger partial charge in [0.25, 0.3) is 10.0 Å². The summed E-state index contributed by atoms with van der Waals surface area (Å²) in [5.41, 5.74) is 0.554. The van der Waals surface area contributed by atoms with Crippen LogP contribution >= 0.6 is 0 Å². The van der Waals surface area contributed by atoms with E-state index in [0.29, 0.717) is 11.5 Å². The molecule has 0 aliphatic carbocycles. The molecule has 0 bridgehead atoms. The number of aromatic nitrogens is 1. The van der Waals surface area contributed by atoms with Gasteiger partial charge in [0.05, 0.1) is 10.5 Å². The summed E-state index contributed by atoms with van der Waals surface area (Å²) < 4.78 is 31.6. The predicted molar refractivity (Wildman–Crippen MR) is 70.2 cm³/mol. The topological polar surface area (TPSA) is 110 Å². The number of carboxylic acid groups (broad SMARTS) is 1. The van der Waals surface area contributed by atoms with Crippen LogP contribution in [0.15, 0.2) is 33.7 Å². The second-order valence-corrected chi connectivity index (χ2v) is 5.82. The summed E-state index contributed by atoms with van der Waals surface area (Å²) in [5.74, 6) is -0.861. The van der Waals surface area contributed by atoms with Gasteiger partial charge in [-0.2, -0.15) is 0 Å². The molecule has 1 heterocycles. The minimum Gasteiger partial charge on any atom is -0.478 e. The molecule has 0 saturated heterocycles. The molecule has 0 unspecified atom stereocenters. The van der Waals surface area contributed by atoms with E-state index in [4.69, 9.17) is 9.63 Å². The van der Waals surface area contributed by atoms with Gasteiger partial charge < -0.3 is 9.63 Å². The second-order valence-electron chi connectivity index (χ2n) is 4.14. The molecule has 0 radical (unpaired) electrons. The van der Waals surface area contributed by atoms with Crippen molar-refractivity contribution in [3.8, 4) is 0 Å². The van der Waals surface area contributed by atoms with Crippen LogP contribution in [0.5, 0.6) is 0 Å². The van der Waals surface area contributed by atoms with E-state index >= 15 is 0 Å². The SMILES string of the molecule is Cc1noc(C)c1NS(=O)(=O)c1cccc(C(=O)O)c1. The summed E-state index contributed by atoms with van der Waals surface area (Å²) >= 11 is 0. The zero-order valence-electron chi connectivity index (χ0n) is 10.7. The number of nitrogens with zero attached hydrogens (tertiary/aromatic N) is 1. The van der Waals surface area contributed by atoms with E-state index in [2.05, 4.69) is 9.88 Å². The number of hydrogen-bond donors (Lipinski definition) is 2. The molecule has 0 spiro atoms. The van der Waals surface area contributed by atoms with Crippen molar-refractivity contribution < 1.29 is 22.8 Å². The van der Waals surface area contributed by atoms with Crippen molar-refractivity contribution in [3.63, 3.8) is 0 Å². The van der Waals surface area contributed by atoms with Gasteiger partial charge in [0.2, 0.25) is 0 Å². The number of anilines is 1. The largest absolute Gasteiger partial charge is 0.478 e. The maximum atomic E-state index is 12.2. The normalized spacial score (nSPS) is 11.3. The van der Waals surface area contributed by atoms with Crippen molar-refractivity contribution in [2.75, 3.05) is 4.72 Å². The summed E-state index contributed by atoms with van der Waals surface area (Å²) in [6, 6.07) is 5.08. The zero-order valence-corrected chi connectivity index (χ0v) is 11.6. The van der Waals surface area contributed by atoms with Crippen LogP contribution in [0.4, 0.5) is 5.69 Å². The first-order valence-corrected chi connectivity index (χ1v) is 7.08. The number of aromatic carboxylic acids is 1. The first kappa shape index (κ1) is 14.1. The fraction of sp³-hybridized carbons (Fsp3) is 0.167. The lowest BCUT2D eigenvalue weighted by molar-refractivity contribution is 0.0696. The molecule has 7 nitrogen and oxygen atoms in total. The number of hydrogen-bond acceptors (Lipinski definition) is 5. The summed E-state index contributed by atoms with van der Waals surface area (Å²) in [4.78, 5) is 10.7. The molecule has 2 rings (SSSR count). The number of carboxylic acids is 1. The van der Waals surface area contributed by atoms with Crippen LogP contribution in [-0.4, -0.2) is 24.7 Å². The van der Waals surface area contributed by atoms with Crippen molar-refractivity contribution in [2.45, 2.75) is 18.7 Å². The fourth-order valence-corrected chi connectivity index (χ4v) is 2.84. The second kappa shape index (κ2) is 4.97. The Morgan fingerprint density at radius 2 is 2.05 bits per heavy atom. The quantitative estimate of drug-likeness (QED) is 0.890. The Bertz CT molecular complexity index is 744. The molecule has 8 heteroatoms. The Morgan fingerprint density at radius 3 is 2.60 bits per heavy atom. The highest BCUT2D eigenvalue weighted by Gasteiger charge is 2.20. The van der Waals surface area contributed by atoms with E-state index in [0.717, 1.165) is 6.07 Å². The van der Waals surface area contributed by atoms with Crippen molar-refractivity contribution in [1.29, 1.82) is 0 Å². The number of rotatable bonds is 4. The Balaban J connectivity index is 2.41. The molecule has 0 aliphatic rings. The third kappa shape index (κ3) is 2.64. The molecule has 2 aromatic rings. The molecular formula is C12H12N2O5S. The number of aryl methyl sites for hydroxylation is 2. The lowest BCUT2D eigenvalue weighted by Gasteiger charge is -2.07. The third-order valence-corrected chi connectivity index (χ3v) is 4.01. The van der Waals surface area contributed by atoms with E-state index in [1.807, 2.05) is 0 Å². The molecule has 0 atom stereocenters. The lowest BCUT2D eigenvalue weighted by atomic mass is 10.2. The maximum absolute atomic E-state index is 12.2. The van der Waals surface area contributed by atoms with Gasteiger partial charge in [-0.1, -0.05) is 11.2 Å². The van der Waals surface area contributed by atoms with Crippen molar-refractivity contribution >= 4 is 21.7 Å². The Kier molecular flexibility index (Phi) is 3.49. The van der Waals surface area contributed by atoms with Crippen LogP contribution < -0.4 is 4.72 Å².